The van der Waals surface area contributed by atoms with Crippen molar-refractivity contribution in [3.8, 4) is 5.69 Å². The van der Waals surface area contributed by atoms with Crippen molar-refractivity contribution in [1.82, 2.24) is 14.5 Å². The van der Waals surface area contributed by atoms with Crippen LogP contribution in [0.5, 0.6) is 0 Å². The highest BCUT2D eigenvalue weighted by atomic mass is 16.2. The van der Waals surface area contributed by atoms with Crippen LogP contribution in [-0.2, 0) is 0 Å². The number of hydrogen-bond acceptors (Lipinski definition) is 2. The fraction of sp³-hybridized carbons (Fsp3) is 0.273. The van der Waals surface area contributed by atoms with Gasteiger partial charge in [0.2, 0.25) is 0 Å². The highest BCUT2D eigenvalue weighted by molar-refractivity contribution is 5.94. The van der Waals surface area contributed by atoms with Crippen molar-refractivity contribution in [3.63, 3.8) is 0 Å². The Hall–Kier alpha value is -2.88. The molecule has 1 fully saturated rings. The van der Waals surface area contributed by atoms with Gasteiger partial charge in [-0.15, -0.1) is 0 Å². The number of rotatable bonds is 3. The first kappa shape index (κ1) is 16.6. The summed E-state index contributed by atoms with van der Waals surface area (Å²) in [7, 11) is 0. The fourth-order valence-electron chi connectivity index (χ4n) is 3.73. The highest BCUT2D eigenvalue weighted by Crippen LogP contribution is 2.28. The highest BCUT2D eigenvalue weighted by Gasteiger charge is 2.25. The molecule has 1 aliphatic heterocycles. The molecule has 1 saturated heterocycles. The number of aromatic nitrogens is 2. The standard InChI is InChI=1S/C22H23N3O/c1-17-4-2-5-19(14-17)20-6-3-12-24(15-20)22(26)18-7-9-21(10-8-18)25-13-11-23-16-25/h2,4-5,7-11,13-14,16,20H,3,6,12,15H2,1H3/t20-/m1/s1. The maximum atomic E-state index is 12.9. The minimum Gasteiger partial charge on any atom is -0.338 e. The van der Waals surface area contributed by atoms with E-state index in [1.807, 2.05) is 39.9 Å². The Bertz CT molecular complexity index is 884. The van der Waals surface area contributed by atoms with E-state index in [-0.39, 0.29) is 5.91 Å². The quantitative estimate of drug-likeness (QED) is 0.713. The molecule has 3 aromatic rings. The molecule has 4 rings (SSSR count). The van der Waals surface area contributed by atoms with E-state index in [1.54, 1.807) is 12.5 Å². The van der Waals surface area contributed by atoms with E-state index in [2.05, 4.69) is 36.2 Å². The van der Waals surface area contributed by atoms with Gasteiger partial charge in [-0.1, -0.05) is 29.8 Å². The first-order valence-corrected chi connectivity index (χ1v) is 9.15. The Labute approximate surface area is 154 Å². The summed E-state index contributed by atoms with van der Waals surface area (Å²) in [6.07, 6.45) is 7.60. The average Bonchev–Trinajstić information content (AvgIpc) is 3.22. The van der Waals surface area contributed by atoms with E-state index in [1.165, 1.54) is 11.1 Å². The Balaban J connectivity index is 1.49. The fourth-order valence-corrected chi connectivity index (χ4v) is 3.73. The van der Waals surface area contributed by atoms with Crippen LogP contribution in [0.1, 0.15) is 40.2 Å². The number of carbonyl (C=O) groups excluding carboxylic acids is 1. The third kappa shape index (κ3) is 3.40. The normalized spacial score (nSPS) is 17.3. The summed E-state index contributed by atoms with van der Waals surface area (Å²) in [6.45, 7) is 3.76. The van der Waals surface area contributed by atoms with Crippen LogP contribution in [-0.4, -0.2) is 33.4 Å². The molecular weight excluding hydrogens is 322 g/mol. The lowest BCUT2D eigenvalue weighted by atomic mass is 9.89. The van der Waals surface area contributed by atoms with Crippen molar-refractivity contribution in [2.45, 2.75) is 25.7 Å². The first-order chi connectivity index (χ1) is 12.7. The monoisotopic (exact) mass is 345 g/mol. The predicted molar refractivity (Wildman–Crippen MR) is 103 cm³/mol. The van der Waals surface area contributed by atoms with Gasteiger partial charge in [0, 0.05) is 42.7 Å². The van der Waals surface area contributed by atoms with Crippen LogP contribution in [0.3, 0.4) is 0 Å². The first-order valence-electron chi connectivity index (χ1n) is 9.15. The second-order valence-corrected chi connectivity index (χ2v) is 7.02. The molecule has 2 heterocycles. The number of nitrogens with zero attached hydrogens (tertiary/aromatic N) is 3. The molecule has 132 valence electrons. The van der Waals surface area contributed by atoms with Gasteiger partial charge in [-0.25, -0.2) is 4.98 Å². The maximum Gasteiger partial charge on any atom is 0.253 e. The number of piperidine rings is 1. The molecule has 1 amide bonds. The summed E-state index contributed by atoms with van der Waals surface area (Å²) >= 11 is 0. The number of aryl methyl sites for hydroxylation is 1. The molecule has 0 N–H and O–H groups in total. The molecule has 0 radical (unpaired) electrons. The van der Waals surface area contributed by atoms with E-state index < -0.39 is 0 Å². The van der Waals surface area contributed by atoms with E-state index in [0.717, 1.165) is 37.2 Å². The zero-order chi connectivity index (χ0) is 17.9. The van der Waals surface area contributed by atoms with Gasteiger partial charge >= 0.3 is 0 Å². The Morgan fingerprint density at radius 1 is 1.15 bits per heavy atom. The molecule has 0 unspecified atom stereocenters. The van der Waals surface area contributed by atoms with Crippen LogP contribution >= 0.6 is 0 Å². The zero-order valence-corrected chi connectivity index (χ0v) is 15.0. The molecule has 0 saturated carbocycles. The molecule has 1 atom stereocenters. The minimum atomic E-state index is 0.125. The molecule has 0 bridgehead atoms. The van der Waals surface area contributed by atoms with Crippen LogP contribution in [0.25, 0.3) is 5.69 Å². The van der Waals surface area contributed by atoms with Crippen molar-refractivity contribution >= 4 is 5.91 Å². The van der Waals surface area contributed by atoms with Gasteiger partial charge in [0.1, 0.15) is 0 Å². The Morgan fingerprint density at radius 2 is 2.00 bits per heavy atom. The van der Waals surface area contributed by atoms with Crippen molar-refractivity contribution in [3.05, 3.63) is 83.9 Å². The van der Waals surface area contributed by atoms with E-state index in [9.17, 15) is 4.79 Å². The van der Waals surface area contributed by atoms with Gasteiger partial charge in [0.05, 0.1) is 6.33 Å². The van der Waals surface area contributed by atoms with Gasteiger partial charge < -0.3 is 9.47 Å². The number of likely N-dealkylation sites (tertiary alicyclic amines) is 1. The summed E-state index contributed by atoms with van der Waals surface area (Å²) in [6, 6.07) is 16.4. The van der Waals surface area contributed by atoms with Gasteiger partial charge in [-0.05, 0) is 49.6 Å². The number of hydrogen-bond donors (Lipinski definition) is 0. The van der Waals surface area contributed by atoms with E-state index in [4.69, 9.17) is 0 Å². The molecule has 2 aromatic carbocycles. The van der Waals surface area contributed by atoms with Gasteiger partial charge in [0.25, 0.3) is 5.91 Å². The van der Waals surface area contributed by atoms with Crippen LogP contribution in [0.2, 0.25) is 0 Å². The molecule has 26 heavy (non-hydrogen) atoms. The number of carbonyl (C=O) groups is 1. The van der Waals surface area contributed by atoms with Crippen LogP contribution in [0, 0.1) is 6.92 Å². The number of benzene rings is 2. The van der Waals surface area contributed by atoms with Crippen molar-refractivity contribution in [1.29, 1.82) is 0 Å². The molecule has 0 aliphatic carbocycles. The number of amides is 1. The third-order valence-electron chi connectivity index (χ3n) is 5.14. The van der Waals surface area contributed by atoms with Crippen LogP contribution in [0.4, 0.5) is 0 Å². The summed E-state index contributed by atoms with van der Waals surface area (Å²) in [5.74, 6) is 0.553. The van der Waals surface area contributed by atoms with Crippen molar-refractivity contribution in [2.75, 3.05) is 13.1 Å². The molecule has 4 nitrogen and oxygen atoms in total. The van der Waals surface area contributed by atoms with E-state index in [0.29, 0.717) is 5.92 Å². The SMILES string of the molecule is Cc1cccc([C@@H]2CCCN(C(=O)c3ccc(-n4ccnc4)cc3)C2)c1. The summed E-state index contributed by atoms with van der Waals surface area (Å²) in [5.41, 5.74) is 4.38. The zero-order valence-electron chi connectivity index (χ0n) is 15.0. The summed E-state index contributed by atoms with van der Waals surface area (Å²) in [5, 5.41) is 0. The molecule has 1 aromatic heterocycles. The largest absolute Gasteiger partial charge is 0.338 e. The molecular formula is C22H23N3O. The Morgan fingerprint density at radius 3 is 2.73 bits per heavy atom. The van der Waals surface area contributed by atoms with Gasteiger partial charge in [-0.3, -0.25) is 4.79 Å². The average molecular weight is 345 g/mol. The summed E-state index contributed by atoms with van der Waals surface area (Å²) in [4.78, 5) is 19.0. The summed E-state index contributed by atoms with van der Waals surface area (Å²) < 4.78 is 1.93. The van der Waals surface area contributed by atoms with Crippen LogP contribution < -0.4 is 0 Å². The van der Waals surface area contributed by atoms with Gasteiger partial charge in [-0.2, -0.15) is 0 Å². The Kier molecular flexibility index (Phi) is 4.57. The van der Waals surface area contributed by atoms with E-state index >= 15 is 0 Å². The minimum absolute atomic E-state index is 0.125. The van der Waals surface area contributed by atoms with Gasteiger partial charge in [0.15, 0.2) is 0 Å². The lowest BCUT2D eigenvalue weighted by Crippen LogP contribution is -2.39. The second kappa shape index (κ2) is 7.16. The molecule has 1 aliphatic rings. The smallest absolute Gasteiger partial charge is 0.253 e. The second-order valence-electron chi connectivity index (χ2n) is 7.02. The topological polar surface area (TPSA) is 38.1 Å². The molecule has 4 heteroatoms. The third-order valence-corrected chi connectivity index (χ3v) is 5.14. The van der Waals surface area contributed by atoms with Crippen molar-refractivity contribution < 1.29 is 4.79 Å². The lowest BCUT2D eigenvalue weighted by molar-refractivity contribution is 0.0707. The van der Waals surface area contributed by atoms with Crippen molar-refractivity contribution in [2.24, 2.45) is 0 Å². The number of imidazole rings is 1. The molecule has 0 spiro atoms. The lowest BCUT2D eigenvalue weighted by Gasteiger charge is -2.33. The van der Waals surface area contributed by atoms with Crippen LogP contribution in [0.15, 0.2) is 67.3 Å². The maximum absolute atomic E-state index is 12.9. The predicted octanol–water partition coefficient (Wildman–Crippen LogP) is 4.20.